The Hall–Kier alpha value is -1.65. The van der Waals surface area contributed by atoms with E-state index in [4.69, 9.17) is 0 Å². The summed E-state index contributed by atoms with van der Waals surface area (Å²) in [6.07, 6.45) is 1.82. The predicted octanol–water partition coefficient (Wildman–Crippen LogP) is 1.71. The fraction of sp³-hybridized carbons (Fsp3) is 0.688. The Kier molecular flexibility index (Phi) is 5.60. The normalized spacial score (nSPS) is 19.9. The predicted molar refractivity (Wildman–Crippen MR) is 92.4 cm³/mol. The van der Waals surface area contributed by atoms with E-state index in [1.807, 2.05) is 32.3 Å². The lowest BCUT2D eigenvalue weighted by Gasteiger charge is -2.38. The van der Waals surface area contributed by atoms with Crippen molar-refractivity contribution < 1.29 is 4.79 Å². The first kappa shape index (κ1) is 17.7. The molecule has 126 valence electrons. The van der Waals surface area contributed by atoms with Crippen molar-refractivity contribution in [3.05, 3.63) is 11.6 Å². The molecule has 1 aliphatic rings. The summed E-state index contributed by atoms with van der Waals surface area (Å²) in [5, 5.41) is 15.3. The molecule has 1 fully saturated rings. The standard InChI is InChI=1S/C16H25N5OS/c1-12(2)16(4,11-17)19-14(22)13(3)20-6-8-21(9-7-20)15-18-5-10-23-15/h5,10,12-13H,6-9H2,1-4H3,(H,19,22)/t13-,16+/m0/s1. The van der Waals surface area contributed by atoms with E-state index in [-0.39, 0.29) is 17.9 Å². The molecule has 0 bridgehead atoms. The maximum atomic E-state index is 12.5. The summed E-state index contributed by atoms with van der Waals surface area (Å²) in [7, 11) is 0. The zero-order valence-corrected chi connectivity index (χ0v) is 15.1. The van der Waals surface area contributed by atoms with E-state index in [1.54, 1.807) is 18.3 Å². The number of nitriles is 1. The van der Waals surface area contributed by atoms with Crippen molar-refractivity contribution in [1.29, 1.82) is 5.26 Å². The van der Waals surface area contributed by atoms with E-state index < -0.39 is 5.54 Å². The maximum absolute atomic E-state index is 12.5. The quantitative estimate of drug-likeness (QED) is 0.887. The van der Waals surface area contributed by atoms with Gasteiger partial charge in [-0.05, 0) is 19.8 Å². The van der Waals surface area contributed by atoms with Crippen LogP contribution in [0.2, 0.25) is 0 Å². The van der Waals surface area contributed by atoms with E-state index in [0.717, 1.165) is 31.3 Å². The van der Waals surface area contributed by atoms with Crippen LogP contribution in [0, 0.1) is 17.2 Å². The molecule has 1 aromatic rings. The van der Waals surface area contributed by atoms with Gasteiger partial charge in [0, 0.05) is 37.8 Å². The highest BCUT2D eigenvalue weighted by Crippen LogP contribution is 2.20. The minimum Gasteiger partial charge on any atom is -0.346 e. The highest BCUT2D eigenvalue weighted by molar-refractivity contribution is 7.13. The molecule has 1 N–H and O–H groups in total. The van der Waals surface area contributed by atoms with Crippen LogP contribution in [-0.4, -0.2) is 53.6 Å². The van der Waals surface area contributed by atoms with Gasteiger partial charge in [-0.15, -0.1) is 11.3 Å². The molecule has 2 heterocycles. The van der Waals surface area contributed by atoms with E-state index in [9.17, 15) is 10.1 Å². The number of rotatable bonds is 5. The van der Waals surface area contributed by atoms with E-state index >= 15 is 0 Å². The molecule has 6 nitrogen and oxygen atoms in total. The van der Waals surface area contributed by atoms with Crippen molar-refractivity contribution >= 4 is 22.4 Å². The third-order valence-electron chi connectivity index (χ3n) is 4.70. The number of anilines is 1. The van der Waals surface area contributed by atoms with Gasteiger partial charge in [-0.1, -0.05) is 13.8 Å². The molecule has 1 saturated heterocycles. The van der Waals surface area contributed by atoms with Gasteiger partial charge in [-0.25, -0.2) is 4.98 Å². The van der Waals surface area contributed by atoms with Crippen LogP contribution in [-0.2, 0) is 4.79 Å². The third kappa shape index (κ3) is 4.01. The van der Waals surface area contributed by atoms with Crippen molar-refractivity contribution in [3.8, 4) is 6.07 Å². The van der Waals surface area contributed by atoms with Gasteiger partial charge < -0.3 is 10.2 Å². The van der Waals surface area contributed by atoms with Crippen molar-refractivity contribution in [1.82, 2.24) is 15.2 Å². The Balaban J connectivity index is 1.90. The van der Waals surface area contributed by atoms with Crippen LogP contribution in [0.4, 0.5) is 5.13 Å². The van der Waals surface area contributed by atoms with Gasteiger partial charge in [-0.2, -0.15) is 5.26 Å². The number of piperazine rings is 1. The van der Waals surface area contributed by atoms with Gasteiger partial charge in [0.15, 0.2) is 5.13 Å². The number of carbonyl (C=O) groups excluding carboxylic acids is 1. The Labute approximate surface area is 142 Å². The van der Waals surface area contributed by atoms with Gasteiger partial charge in [0.2, 0.25) is 5.91 Å². The summed E-state index contributed by atoms with van der Waals surface area (Å²) in [6.45, 7) is 10.9. The molecule has 0 unspecified atom stereocenters. The van der Waals surface area contributed by atoms with E-state index in [0.29, 0.717) is 0 Å². The molecule has 0 spiro atoms. The van der Waals surface area contributed by atoms with Crippen molar-refractivity contribution in [2.24, 2.45) is 5.92 Å². The monoisotopic (exact) mass is 335 g/mol. The Morgan fingerprint density at radius 1 is 1.39 bits per heavy atom. The van der Waals surface area contributed by atoms with Crippen LogP contribution in [0.3, 0.4) is 0 Å². The van der Waals surface area contributed by atoms with Crippen molar-refractivity contribution in [2.75, 3.05) is 31.1 Å². The summed E-state index contributed by atoms with van der Waals surface area (Å²) in [5.41, 5.74) is -0.825. The smallest absolute Gasteiger partial charge is 0.238 e. The van der Waals surface area contributed by atoms with Crippen molar-refractivity contribution in [2.45, 2.75) is 39.3 Å². The molecule has 7 heteroatoms. The van der Waals surface area contributed by atoms with Gasteiger partial charge in [0.1, 0.15) is 5.54 Å². The minimum atomic E-state index is -0.825. The second-order valence-electron chi connectivity index (χ2n) is 6.47. The van der Waals surface area contributed by atoms with Gasteiger partial charge >= 0.3 is 0 Å². The Morgan fingerprint density at radius 3 is 2.52 bits per heavy atom. The summed E-state index contributed by atoms with van der Waals surface area (Å²) in [6, 6.07) is 1.99. The van der Waals surface area contributed by atoms with Crippen LogP contribution >= 0.6 is 11.3 Å². The average Bonchev–Trinajstić information content (AvgIpc) is 3.08. The zero-order valence-electron chi connectivity index (χ0n) is 14.2. The number of nitrogens with one attached hydrogen (secondary N) is 1. The third-order valence-corrected chi connectivity index (χ3v) is 5.53. The van der Waals surface area contributed by atoms with Crippen LogP contribution in [0.15, 0.2) is 11.6 Å². The molecule has 1 aliphatic heterocycles. The van der Waals surface area contributed by atoms with Crippen LogP contribution in [0.5, 0.6) is 0 Å². The Morgan fingerprint density at radius 2 is 2.04 bits per heavy atom. The van der Waals surface area contributed by atoms with E-state index in [2.05, 4.69) is 26.2 Å². The molecule has 2 rings (SSSR count). The summed E-state index contributed by atoms with van der Waals surface area (Å²) < 4.78 is 0. The first-order valence-electron chi connectivity index (χ1n) is 7.99. The lowest BCUT2D eigenvalue weighted by atomic mass is 9.89. The van der Waals surface area contributed by atoms with Crippen LogP contribution in [0.25, 0.3) is 0 Å². The second-order valence-corrected chi connectivity index (χ2v) is 7.34. The molecule has 1 aromatic heterocycles. The average molecular weight is 335 g/mol. The zero-order chi connectivity index (χ0) is 17.0. The lowest BCUT2D eigenvalue weighted by Crippen LogP contribution is -2.58. The van der Waals surface area contributed by atoms with Gasteiger partial charge in [0.25, 0.3) is 0 Å². The number of amides is 1. The van der Waals surface area contributed by atoms with E-state index in [1.165, 1.54) is 0 Å². The maximum Gasteiger partial charge on any atom is 0.238 e. The first-order chi connectivity index (χ1) is 10.9. The highest BCUT2D eigenvalue weighted by atomic mass is 32.1. The molecule has 0 saturated carbocycles. The molecule has 2 atom stereocenters. The number of aromatic nitrogens is 1. The topological polar surface area (TPSA) is 72.3 Å². The minimum absolute atomic E-state index is 0.0606. The largest absolute Gasteiger partial charge is 0.346 e. The summed E-state index contributed by atoms with van der Waals surface area (Å²) in [4.78, 5) is 21.3. The molecule has 1 amide bonds. The fourth-order valence-corrected chi connectivity index (χ4v) is 3.20. The number of carbonyl (C=O) groups is 1. The van der Waals surface area contributed by atoms with Crippen molar-refractivity contribution in [3.63, 3.8) is 0 Å². The fourth-order valence-electron chi connectivity index (χ4n) is 2.50. The Bertz CT molecular complexity index is 560. The molecule has 0 aliphatic carbocycles. The van der Waals surface area contributed by atoms with Crippen LogP contribution < -0.4 is 10.2 Å². The number of nitrogens with zero attached hydrogens (tertiary/aromatic N) is 4. The summed E-state index contributed by atoms with van der Waals surface area (Å²) >= 11 is 1.64. The lowest BCUT2D eigenvalue weighted by molar-refractivity contribution is -0.127. The molecule has 0 aromatic carbocycles. The number of hydrogen-bond acceptors (Lipinski definition) is 6. The molecular formula is C16H25N5OS. The number of thiazole rings is 1. The molecule has 0 radical (unpaired) electrons. The van der Waals surface area contributed by atoms with Gasteiger partial charge in [-0.3, -0.25) is 9.69 Å². The van der Waals surface area contributed by atoms with Crippen LogP contribution in [0.1, 0.15) is 27.7 Å². The molecular weight excluding hydrogens is 310 g/mol. The molecule has 23 heavy (non-hydrogen) atoms. The SMILES string of the molecule is CC(C)[C@@](C)(C#N)NC(=O)[C@H](C)N1CCN(c2nccs2)CC1. The summed E-state index contributed by atoms with van der Waals surface area (Å²) in [5.74, 6) is -0.0177. The van der Waals surface area contributed by atoms with Gasteiger partial charge in [0.05, 0.1) is 12.1 Å². The first-order valence-corrected chi connectivity index (χ1v) is 8.87. The second kappa shape index (κ2) is 7.28. The number of hydrogen-bond donors (Lipinski definition) is 1. The highest BCUT2D eigenvalue weighted by Gasteiger charge is 2.34.